The summed E-state index contributed by atoms with van der Waals surface area (Å²) >= 11 is 0. The molecular formula is C51H60N8O6. The maximum Gasteiger partial charge on any atom is 0.407 e. The minimum absolute atomic E-state index is 0.116. The Morgan fingerprint density at radius 3 is 1.71 bits per heavy atom. The van der Waals surface area contributed by atoms with Gasteiger partial charge < -0.3 is 39.9 Å². The molecule has 3 aromatic carbocycles. The third-order valence-corrected chi connectivity index (χ3v) is 14.0. The van der Waals surface area contributed by atoms with E-state index >= 15 is 0 Å². The molecule has 14 nitrogen and oxygen atoms in total. The van der Waals surface area contributed by atoms with Gasteiger partial charge in [-0.3, -0.25) is 9.59 Å². The number of hydrogen-bond acceptors (Lipinski definition) is 8. The van der Waals surface area contributed by atoms with Crippen molar-refractivity contribution >= 4 is 35.0 Å². The normalized spacial score (nSPS) is 23.0. The van der Waals surface area contributed by atoms with Gasteiger partial charge in [0.15, 0.2) is 0 Å². The van der Waals surface area contributed by atoms with Crippen LogP contribution in [-0.2, 0) is 19.1 Å². The fourth-order valence-electron chi connectivity index (χ4n) is 10.8. The predicted octanol–water partition coefficient (Wildman–Crippen LogP) is 9.01. The number of imidazole rings is 2. The van der Waals surface area contributed by atoms with Gasteiger partial charge in [0.05, 0.1) is 49.2 Å². The highest BCUT2D eigenvalue weighted by molar-refractivity contribution is 5.89. The smallest absolute Gasteiger partial charge is 0.407 e. The van der Waals surface area contributed by atoms with Crippen molar-refractivity contribution in [3.63, 3.8) is 0 Å². The standard InChI is InChI=1S/C51H60N8O6/c1-26(2)44(56-50(62)64-7)48(60)58-24-28(5)19-40(58)46-52-23-39(55-46)31-11-9-30(10-12-31)35-16-17-36(43-34-14-13-33(21-34)42(35)43)32-15-18-37-38(22-32)54-47(53-37)41-20-29(6)25-59(41)49(61)45(27(3)4)57-51(63)65-8/h9-18,22-23,26-29,33-34,40-41,44-45H,19-21,24-25H2,1-8H3,(H,52,55)(H,53,54)(H,56,62)(H,57,63)/t28-,29-,33?,34?,40-,41-,44-,45-/m0/s1. The fourth-order valence-corrected chi connectivity index (χ4v) is 10.8. The van der Waals surface area contributed by atoms with Gasteiger partial charge in [-0.05, 0) is 94.0 Å². The largest absolute Gasteiger partial charge is 0.453 e. The number of nitrogens with zero attached hydrogens (tertiary/aromatic N) is 4. The molecule has 65 heavy (non-hydrogen) atoms. The Kier molecular flexibility index (Phi) is 11.8. The average Bonchev–Trinajstić information content (AvgIpc) is 4.17. The molecule has 2 aromatic heterocycles. The lowest BCUT2D eigenvalue weighted by atomic mass is 9.84. The van der Waals surface area contributed by atoms with Crippen LogP contribution >= 0.6 is 0 Å². The van der Waals surface area contributed by atoms with E-state index in [0.717, 1.165) is 64.3 Å². The van der Waals surface area contributed by atoms with E-state index in [1.807, 2.05) is 43.7 Å². The first-order valence-corrected chi connectivity index (χ1v) is 23.0. The Morgan fingerprint density at radius 1 is 0.662 bits per heavy atom. The predicted molar refractivity (Wildman–Crippen MR) is 249 cm³/mol. The molecule has 2 unspecified atom stereocenters. The van der Waals surface area contributed by atoms with Gasteiger partial charge in [0.25, 0.3) is 0 Å². The van der Waals surface area contributed by atoms with E-state index in [2.05, 4.69) is 101 Å². The number of benzene rings is 3. The first-order chi connectivity index (χ1) is 31.2. The van der Waals surface area contributed by atoms with Crippen molar-refractivity contribution in [2.75, 3.05) is 27.3 Å². The summed E-state index contributed by atoms with van der Waals surface area (Å²) in [6.45, 7) is 13.1. The maximum absolute atomic E-state index is 13.9. The lowest BCUT2D eigenvalue weighted by molar-refractivity contribution is -0.136. The Bertz CT molecular complexity index is 2670. The van der Waals surface area contributed by atoms with E-state index in [4.69, 9.17) is 19.4 Å². The lowest BCUT2D eigenvalue weighted by Gasteiger charge is -2.30. The number of ether oxygens (including phenoxy) is 2. The van der Waals surface area contributed by atoms with Crippen LogP contribution in [0, 0.1) is 23.7 Å². The summed E-state index contributed by atoms with van der Waals surface area (Å²) in [7, 11) is 2.61. The van der Waals surface area contributed by atoms with E-state index in [0.29, 0.717) is 24.9 Å². The van der Waals surface area contributed by atoms with Crippen LogP contribution in [0.2, 0.25) is 0 Å². The molecule has 4 heterocycles. The molecule has 0 spiro atoms. The van der Waals surface area contributed by atoms with E-state index in [-0.39, 0.29) is 47.6 Å². The molecule has 2 fully saturated rings. The van der Waals surface area contributed by atoms with Crippen LogP contribution < -0.4 is 10.6 Å². The fraction of sp³-hybridized carbons (Fsp3) is 0.451. The van der Waals surface area contributed by atoms with Crippen molar-refractivity contribution in [3.8, 4) is 33.5 Å². The lowest BCUT2D eigenvalue weighted by Crippen LogP contribution is -2.51. The van der Waals surface area contributed by atoms with Crippen LogP contribution in [0.25, 0.3) is 44.5 Å². The molecule has 4 aliphatic rings. The first-order valence-electron chi connectivity index (χ1n) is 23.0. The molecule has 14 heteroatoms. The summed E-state index contributed by atoms with van der Waals surface area (Å²) in [6.07, 6.45) is 7.92. The van der Waals surface area contributed by atoms with E-state index in [1.54, 1.807) is 0 Å². The zero-order valence-corrected chi connectivity index (χ0v) is 38.5. The number of likely N-dealkylation sites (tertiary alicyclic amines) is 2. The van der Waals surface area contributed by atoms with Gasteiger partial charge in [-0.1, -0.05) is 96.2 Å². The molecule has 5 aromatic rings. The molecule has 2 aliphatic heterocycles. The van der Waals surface area contributed by atoms with Crippen LogP contribution in [0.1, 0.15) is 108 Å². The van der Waals surface area contributed by atoms with Crippen LogP contribution in [0.15, 0.2) is 72.9 Å². The number of H-pyrrole nitrogens is 2. The Labute approximate surface area is 380 Å². The average molecular weight is 881 g/mol. The molecule has 2 saturated heterocycles. The van der Waals surface area contributed by atoms with Crippen molar-refractivity contribution in [2.45, 2.75) is 96.8 Å². The number of methoxy groups -OCH3 is 2. The Balaban J connectivity index is 0.960. The summed E-state index contributed by atoms with van der Waals surface area (Å²) in [5.74, 6) is 2.22. The van der Waals surface area contributed by atoms with Crippen molar-refractivity contribution in [1.82, 2.24) is 40.4 Å². The van der Waals surface area contributed by atoms with Crippen molar-refractivity contribution in [2.24, 2.45) is 23.7 Å². The van der Waals surface area contributed by atoms with Gasteiger partial charge in [-0.25, -0.2) is 19.6 Å². The molecule has 4 N–H and O–H groups in total. The summed E-state index contributed by atoms with van der Waals surface area (Å²) in [4.78, 5) is 72.7. The second kappa shape index (κ2) is 17.5. The molecular weight excluding hydrogens is 821 g/mol. The van der Waals surface area contributed by atoms with Crippen LogP contribution in [-0.4, -0.2) is 93.1 Å². The van der Waals surface area contributed by atoms with Crippen LogP contribution in [0.3, 0.4) is 0 Å². The summed E-state index contributed by atoms with van der Waals surface area (Å²) in [5.41, 5.74) is 11.1. The molecule has 9 rings (SSSR count). The van der Waals surface area contributed by atoms with Gasteiger partial charge in [0.2, 0.25) is 11.8 Å². The van der Waals surface area contributed by atoms with Crippen LogP contribution in [0.4, 0.5) is 9.59 Å². The van der Waals surface area contributed by atoms with Crippen molar-refractivity contribution in [3.05, 3.63) is 95.7 Å². The minimum atomic E-state index is -0.705. The monoisotopic (exact) mass is 880 g/mol. The second-order valence-corrected chi connectivity index (χ2v) is 19.3. The summed E-state index contributed by atoms with van der Waals surface area (Å²) in [6, 6.07) is 17.7. The zero-order chi connectivity index (χ0) is 45.8. The van der Waals surface area contributed by atoms with E-state index in [1.165, 1.54) is 36.5 Å². The highest BCUT2D eigenvalue weighted by atomic mass is 16.5. The third-order valence-electron chi connectivity index (χ3n) is 14.0. The number of allylic oxidation sites excluding steroid dienone is 2. The quantitative estimate of drug-likeness (QED) is 0.0951. The number of carbonyl (C=O) groups excluding carboxylic acids is 4. The number of hydrogen-bond donors (Lipinski definition) is 4. The number of alkyl carbamates (subject to hydrolysis) is 2. The molecule has 8 atom stereocenters. The third kappa shape index (κ3) is 8.16. The van der Waals surface area contributed by atoms with Gasteiger partial charge in [0.1, 0.15) is 23.7 Å². The van der Waals surface area contributed by atoms with E-state index < -0.39 is 24.3 Å². The second-order valence-electron chi connectivity index (χ2n) is 19.3. The Morgan fingerprint density at radius 2 is 1.17 bits per heavy atom. The number of fused-ring (bicyclic) bond motifs is 6. The first kappa shape index (κ1) is 43.8. The number of nitrogens with one attached hydrogen (secondary N) is 4. The van der Waals surface area contributed by atoms with Crippen molar-refractivity contribution in [1.29, 1.82) is 0 Å². The zero-order valence-electron chi connectivity index (χ0n) is 38.5. The topological polar surface area (TPSA) is 175 Å². The minimum Gasteiger partial charge on any atom is -0.453 e. The van der Waals surface area contributed by atoms with Gasteiger partial charge >= 0.3 is 12.2 Å². The van der Waals surface area contributed by atoms with Gasteiger partial charge in [-0.2, -0.15) is 0 Å². The number of aromatic amines is 2. The summed E-state index contributed by atoms with van der Waals surface area (Å²) in [5, 5.41) is 5.48. The van der Waals surface area contributed by atoms with Crippen molar-refractivity contribution < 1.29 is 28.7 Å². The number of aromatic nitrogens is 4. The number of rotatable bonds is 11. The number of amides is 4. The Hall–Kier alpha value is -6.44. The van der Waals surface area contributed by atoms with Crippen LogP contribution in [0.5, 0.6) is 0 Å². The van der Waals surface area contributed by atoms with Gasteiger partial charge in [0, 0.05) is 24.9 Å². The highest BCUT2D eigenvalue weighted by Gasteiger charge is 2.42. The highest BCUT2D eigenvalue weighted by Crippen LogP contribution is 2.55. The SMILES string of the molecule is COC(=O)N[C@H](C(=O)N1C[C@@H](C)C[C@H]1c1ncc(-c2ccc(-c3ccc(-c4ccc5nc([C@@H]6C[C@H](C)CN6C(=O)[C@@H](NC(=O)OC)C(C)C)[nH]c5c4)c4c3C3C=CC4C3)cc2)[nH]1)C(C)C. The molecule has 340 valence electrons. The summed E-state index contributed by atoms with van der Waals surface area (Å²) < 4.78 is 9.65. The molecule has 2 aliphatic carbocycles. The van der Waals surface area contributed by atoms with Gasteiger partial charge in [-0.15, -0.1) is 0 Å². The molecule has 4 amide bonds. The molecule has 0 saturated carbocycles. The molecule has 0 radical (unpaired) electrons. The van der Waals surface area contributed by atoms with E-state index in [9.17, 15) is 19.2 Å². The molecule has 2 bridgehead atoms. The number of carbonyl (C=O) groups is 4. The maximum atomic E-state index is 13.9.